The van der Waals surface area contributed by atoms with Crippen molar-refractivity contribution in [3.8, 4) is 0 Å². The molecule has 0 atom stereocenters. The van der Waals surface area contributed by atoms with Gasteiger partial charge in [-0.15, -0.1) is 0 Å². The van der Waals surface area contributed by atoms with Crippen molar-refractivity contribution in [2.45, 2.75) is 45.1 Å². The number of carbonyl (C=O) groups is 1. The predicted octanol–water partition coefficient (Wildman–Crippen LogP) is 4.04. The molecule has 0 bridgehead atoms. The standard InChI is InChI=1S/C16H22FNO/c1-3-12-4-6-15(7-5-12)18(2)16-9-13(11-19)8-14(17)10-16/h8-12,15H,3-7H2,1-2H3. The molecular weight excluding hydrogens is 241 g/mol. The van der Waals surface area contributed by atoms with Crippen molar-refractivity contribution in [1.82, 2.24) is 0 Å². The third-order valence-corrected chi connectivity index (χ3v) is 4.39. The Kier molecular flexibility index (Phi) is 4.56. The summed E-state index contributed by atoms with van der Waals surface area (Å²) >= 11 is 0. The van der Waals surface area contributed by atoms with Crippen LogP contribution in [0.4, 0.5) is 10.1 Å². The van der Waals surface area contributed by atoms with Gasteiger partial charge in [-0.3, -0.25) is 4.79 Å². The summed E-state index contributed by atoms with van der Waals surface area (Å²) in [5, 5.41) is 0. The van der Waals surface area contributed by atoms with Gasteiger partial charge in [0.05, 0.1) is 0 Å². The SMILES string of the molecule is CCC1CCC(N(C)c2cc(F)cc(C=O)c2)CC1. The smallest absolute Gasteiger partial charge is 0.150 e. The van der Waals surface area contributed by atoms with Gasteiger partial charge in [-0.2, -0.15) is 0 Å². The monoisotopic (exact) mass is 263 g/mol. The number of rotatable bonds is 4. The largest absolute Gasteiger partial charge is 0.372 e. The molecule has 104 valence electrons. The van der Waals surface area contributed by atoms with E-state index in [0.29, 0.717) is 17.9 Å². The van der Waals surface area contributed by atoms with Crippen LogP contribution in [-0.4, -0.2) is 19.4 Å². The average molecular weight is 263 g/mol. The number of carbonyl (C=O) groups excluding carboxylic acids is 1. The van der Waals surface area contributed by atoms with Crippen LogP contribution in [0.1, 0.15) is 49.4 Å². The van der Waals surface area contributed by atoms with E-state index in [4.69, 9.17) is 0 Å². The second kappa shape index (κ2) is 6.18. The van der Waals surface area contributed by atoms with Crippen LogP contribution in [0.5, 0.6) is 0 Å². The highest BCUT2D eigenvalue weighted by Gasteiger charge is 2.23. The number of anilines is 1. The number of nitrogens with zero attached hydrogens (tertiary/aromatic N) is 1. The number of halogens is 1. The summed E-state index contributed by atoms with van der Waals surface area (Å²) in [5.41, 5.74) is 1.21. The first kappa shape index (κ1) is 14.0. The molecule has 19 heavy (non-hydrogen) atoms. The molecule has 1 aliphatic carbocycles. The van der Waals surface area contributed by atoms with Crippen LogP contribution >= 0.6 is 0 Å². The molecule has 0 unspecified atom stereocenters. The van der Waals surface area contributed by atoms with E-state index in [9.17, 15) is 9.18 Å². The van der Waals surface area contributed by atoms with Gasteiger partial charge in [-0.05, 0) is 49.8 Å². The molecule has 0 aliphatic heterocycles. The van der Waals surface area contributed by atoms with E-state index in [0.717, 1.165) is 24.4 Å². The van der Waals surface area contributed by atoms with E-state index in [1.807, 2.05) is 7.05 Å². The van der Waals surface area contributed by atoms with Crippen LogP contribution in [0.25, 0.3) is 0 Å². The second-order valence-corrected chi connectivity index (χ2v) is 5.55. The molecular formula is C16H22FNO. The molecule has 1 saturated carbocycles. The Hall–Kier alpha value is -1.38. The molecule has 0 saturated heterocycles. The van der Waals surface area contributed by atoms with Crippen LogP contribution in [0.3, 0.4) is 0 Å². The highest BCUT2D eigenvalue weighted by Crippen LogP contribution is 2.31. The fraction of sp³-hybridized carbons (Fsp3) is 0.562. The molecule has 0 heterocycles. The van der Waals surface area contributed by atoms with Gasteiger partial charge in [0.25, 0.3) is 0 Å². The Morgan fingerprint density at radius 2 is 1.95 bits per heavy atom. The highest BCUT2D eigenvalue weighted by atomic mass is 19.1. The van der Waals surface area contributed by atoms with Crippen LogP contribution in [-0.2, 0) is 0 Å². The molecule has 0 radical (unpaired) electrons. The van der Waals surface area contributed by atoms with Crippen molar-refractivity contribution in [1.29, 1.82) is 0 Å². The molecule has 1 aromatic rings. The lowest BCUT2D eigenvalue weighted by Crippen LogP contribution is -2.35. The number of hydrogen-bond acceptors (Lipinski definition) is 2. The molecule has 0 amide bonds. The van der Waals surface area contributed by atoms with Gasteiger partial charge in [-0.1, -0.05) is 13.3 Å². The average Bonchev–Trinajstić information content (AvgIpc) is 2.46. The first-order chi connectivity index (χ1) is 9.13. The maximum absolute atomic E-state index is 13.5. The van der Waals surface area contributed by atoms with E-state index >= 15 is 0 Å². The summed E-state index contributed by atoms with van der Waals surface area (Å²) in [4.78, 5) is 12.9. The molecule has 0 aromatic heterocycles. The Labute approximate surface area is 114 Å². The third-order valence-electron chi connectivity index (χ3n) is 4.39. The number of aldehydes is 1. The lowest BCUT2D eigenvalue weighted by molar-refractivity contribution is 0.112. The molecule has 1 aliphatic rings. The summed E-state index contributed by atoms with van der Waals surface area (Å²) in [6.07, 6.45) is 6.77. The Bertz CT molecular complexity index is 438. The Morgan fingerprint density at radius 3 is 2.53 bits per heavy atom. The number of hydrogen-bond donors (Lipinski definition) is 0. The summed E-state index contributed by atoms with van der Waals surface area (Å²) in [7, 11) is 2.00. The van der Waals surface area contributed by atoms with Gasteiger partial charge in [0, 0.05) is 24.3 Å². The zero-order chi connectivity index (χ0) is 13.8. The maximum atomic E-state index is 13.5. The molecule has 1 fully saturated rings. The first-order valence-electron chi connectivity index (χ1n) is 7.12. The van der Waals surface area contributed by atoms with E-state index in [1.54, 1.807) is 6.07 Å². The van der Waals surface area contributed by atoms with E-state index in [1.165, 1.54) is 31.4 Å². The Morgan fingerprint density at radius 1 is 1.26 bits per heavy atom. The van der Waals surface area contributed by atoms with Crippen molar-refractivity contribution in [3.05, 3.63) is 29.6 Å². The first-order valence-corrected chi connectivity index (χ1v) is 7.12. The van der Waals surface area contributed by atoms with Gasteiger partial charge in [-0.25, -0.2) is 4.39 Å². The summed E-state index contributed by atoms with van der Waals surface area (Å²) in [6, 6.07) is 5.02. The molecule has 1 aromatic carbocycles. The highest BCUT2D eigenvalue weighted by molar-refractivity contribution is 5.77. The summed E-state index contributed by atoms with van der Waals surface area (Å²) in [5.74, 6) is 0.511. The summed E-state index contributed by atoms with van der Waals surface area (Å²) < 4.78 is 13.5. The van der Waals surface area contributed by atoms with Gasteiger partial charge in [0.1, 0.15) is 12.1 Å². The van der Waals surface area contributed by atoms with Crippen molar-refractivity contribution in [2.75, 3.05) is 11.9 Å². The lowest BCUT2D eigenvalue weighted by atomic mass is 9.84. The molecule has 0 N–H and O–H groups in total. The summed E-state index contributed by atoms with van der Waals surface area (Å²) in [6.45, 7) is 2.25. The van der Waals surface area contributed by atoms with Gasteiger partial charge in [0.2, 0.25) is 0 Å². The number of benzene rings is 1. The quantitative estimate of drug-likeness (QED) is 0.764. The van der Waals surface area contributed by atoms with Crippen LogP contribution in [0, 0.1) is 11.7 Å². The van der Waals surface area contributed by atoms with Crippen LogP contribution in [0.15, 0.2) is 18.2 Å². The minimum atomic E-state index is -0.339. The minimum absolute atomic E-state index is 0.339. The fourth-order valence-electron chi connectivity index (χ4n) is 3.02. The molecule has 2 rings (SSSR count). The van der Waals surface area contributed by atoms with Gasteiger partial charge in [0.15, 0.2) is 0 Å². The fourth-order valence-corrected chi connectivity index (χ4v) is 3.02. The second-order valence-electron chi connectivity index (χ2n) is 5.55. The maximum Gasteiger partial charge on any atom is 0.150 e. The normalized spacial score (nSPS) is 23.1. The topological polar surface area (TPSA) is 20.3 Å². The van der Waals surface area contributed by atoms with Gasteiger partial charge >= 0.3 is 0 Å². The lowest BCUT2D eigenvalue weighted by Gasteiger charge is -2.36. The predicted molar refractivity (Wildman–Crippen MR) is 76.2 cm³/mol. The third kappa shape index (κ3) is 3.34. The zero-order valence-corrected chi connectivity index (χ0v) is 11.7. The van der Waals surface area contributed by atoms with Crippen LogP contribution in [0.2, 0.25) is 0 Å². The molecule has 3 heteroatoms. The van der Waals surface area contributed by atoms with E-state index in [2.05, 4.69) is 11.8 Å². The molecule has 0 spiro atoms. The van der Waals surface area contributed by atoms with Crippen molar-refractivity contribution < 1.29 is 9.18 Å². The minimum Gasteiger partial charge on any atom is -0.372 e. The van der Waals surface area contributed by atoms with Crippen LogP contribution < -0.4 is 4.90 Å². The zero-order valence-electron chi connectivity index (χ0n) is 11.7. The van der Waals surface area contributed by atoms with Gasteiger partial charge < -0.3 is 4.90 Å². The van der Waals surface area contributed by atoms with Crippen molar-refractivity contribution in [3.63, 3.8) is 0 Å². The van der Waals surface area contributed by atoms with E-state index in [-0.39, 0.29) is 5.82 Å². The van der Waals surface area contributed by atoms with Crippen molar-refractivity contribution in [2.24, 2.45) is 5.92 Å². The van der Waals surface area contributed by atoms with E-state index < -0.39 is 0 Å². The Balaban J connectivity index is 2.09. The van der Waals surface area contributed by atoms with Crippen molar-refractivity contribution >= 4 is 12.0 Å². The molecule has 2 nitrogen and oxygen atoms in total.